The Morgan fingerprint density at radius 3 is 2.09 bits per heavy atom. The van der Waals surface area contributed by atoms with Gasteiger partial charge < -0.3 is 28.8 Å². The van der Waals surface area contributed by atoms with Crippen LogP contribution in [0.5, 0.6) is 0 Å². The van der Waals surface area contributed by atoms with Crippen molar-refractivity contribution in [2.24, 2.45) is 0 Å². The van der Waals surface area contributed by atoms with Gasteiger partial charge in [0.15, 0.2) is 0 Å². The number of esters is 1. The lowest BCUT2D eigenvalue weighted by atomic mass is 9.93. The molecule has 0 radical (unpaired) electrons. The molecule has 0 unspecified atom stereocenters. The van der Waals surface area contributed by atoms with Crippen LogP contribution >= 0.6 is 0 Å². The number of hydrogen-bond acceptors (Lipinski definition) is 7. The maximum absolute atomic E-state index is 12.2. The summed E-state index contributed by atoms with van der Waals surface area (Å²) in [6.07, 6.45) is 30.1. The first kappa shape index (κ1) is 46.3. The van der Waals surface area contributed by atoms with Crippen LogP contribution in [0.25, 0.3) is 0 Å². The molecule has 0 aliphatic carbocycles. The molecule has 2 fully saturated rings. The Hall–Kier alpha value is -2.81. The van der Waals surface area contributed by atoms with Crippen LogP contribution in [0, 0.1) is 0 Å². The molecule has 3 aliphatic heterocycles. The van der Waals surface area contributed by atoms with E-state index >= 15 is 0 Å². The fourth-order valence-electron chi connectivity index (χ4n) is 8.84. The van der Waals surface area contributed by atoms with E-state index in [9.17, 15) is 9.90 Å². The number of allylic oxidation sites excluding steroid dienone is 1. The molecule has 322 valence electrons. The first-order chi connectivity index (χ1) is 28.5. The molecule has 0 bridgehead atoms. The summed E-state index contributed by atoms with van der Waals surface area (Å²) in [6.45, 7) is 5.36. The molecule has 8 atom stereocenters. The Balaban J connectivity index is 0.949. The van der Waals surface area contributed by atoms with Crippen LogP contribution in [-0.2, 0) is 41.7 Å². The zero-order valence-electron chi connectivity index (χ0n) is 36.0. The van der Waals surface area contributed by atoms with E-state index in [0.717, 1.165) is 75.3 Å². The monoisotopic (exact) mass is 801 g/mol. The van der Waals surface area contributed by atoms with E-state index in [1.54, 1.807) is 0 Å². The van der Waals surface area contributed by atoms with Crippen LogP contribution in [0.15, 0.2) is 84.5 Å². The second-order valence-corrected chi connectivity index (χ2v) is 17.2. The van der Waals surface area contributed by atoms with Gasteiger partial charge in [-0.05, 0) is 81.9 Å². The summed E-state index contributed by atoms with van der Waals surface area (Å²) in [5, 5.41) is 11.1. The number of hydrogen-bond donors (Lipinski definition) is 1. The Bertz CT molecular complexity index is 1440. The maximum atomic E-state index is 12.2. The fourth-order valence-corrected chi connectivity index (χ4v) is 8.84. The molecule has 1 N–H and O–H groups in total. The van der Waals surface area contributed by atoms with E-state index in [1.807, 2.05) is 31.2 Å². The molecule has 0 amide bonds. The van der Waals surface area contributed by atoms with Crippen LogP contribution in [0.1, 0.15) is 166 Å². The number of cyclic esters (lactones) is 1. The molecule has 2 saturated heterocycles. The number of aliphatic hydroxyl groups is 1. The first-order valence-corrected chi connectivity index (χ1v) is 23.3. The molecule has 7 nitrogen and oxygen atoms in total. The largest absolute Gasteiger partial charge is 0.455 e. The molecule has 2 aromatic rings. The van der Waals surface area contributed by atoms with Crippen molar-refractivity contribution in [2.75, 3.05) is 0 Å². The van der Waals surface area contributed by atoms with Crippen molar-refractivity contribution >= 4 is 5.97 Å². The molecule has 0 spiro atoms. The molecule has 58 heavy (non-hydrogen) atoms. The number of aliphatic hydroxyl groups excluding tert-OH is 1. The molecule has 3 aliphatic rings. The van der Waals surface area contributed by atoms with Gasteiger partial charge in [0.2, 0.25) is 0 Å². The van der Waals surface area contributed by atoms with Gasteiger partial charge in [0.25, 0.3) is 0 Å². The third kappa shape index (κ3) is 17.0. The summed E-state index contributed by atoms with van der Waals surface area (Å²) in [4.78, 5) is 12.2. The molecule has 3 heterocycles. The number of unbranched alkanes of at least 4 members (excludes halogenated alkanes) is 12. The second kappa shape index (κ2) is 27.1. The Labute approximate surface area is 351 Å². The van der Waals surface area contributed by atoms with Crippen LogP contribution in [0.2, 0.25) is 0 Å². The van der Waals surface area contributed by atoms with Gasteiger partial charge in [-0.3, -0.25) is 0 Å². The lowest BCUT2D eigenvalue weighted by Gasteiger charge is -2.39. The van der Waals surface area contributed by atoms with Gasteiger partial charge >= 0.3 is 5.97 Å². The smallest absolute Gasteiger partial charge is 0.334 e. The van der Waals surface area contributed by atoms with E-state index in [1.165, 1.54) is 69.8 Å². The van der Waals surface area contributed by atoms with Crippen LogP contribution in [0.4, 0.5) is 0 Å². The number of rotatable bonds is 29. The Morgan fingerprint density at radius 2 is 1.38 bits per heavy atom. The minimum Gasteiger partial charge on any atom is -0.455 e. The van der Waals surface area contributed by atoms with E-state index in [4.69, 9.17) is 23.7 Å². The van der Waals surface area contributed by atoms with E-state index in [0.29, 0.717) is 26.1 Å². The minimum atomic E-state index is -0.484. The van der Waals surface area contributed by atoms with Crippen molar-refractivity contribution < 1.29 is 33.6 Å². The van der Waals surface area contributed by atoms with Crippen LogP contribution < -0.4 is 0 Å². The molecule has 0 saturated carbocycles. The lowest BCUT2D eigenvalue weighted by Crippen LogP contribution is -2.45. The average molecular weight is 801 g/mol. The van der Waals surface area contributed by atoms with Gasteiger partial charge in [0.05, 0.1) is 55.9 Å². The predicted molar refractivity (Wildman–Crippen MR) is 233 cm³/mol. The van der Waals surface area contributed by atoms with E-state index in [-0.39, 0.29) is 48.7 Å². The maximum Gasteiger partial charge on any atom is 0.334 e. The van der Waals surface area contributed by atoms with Gasteiger partial charge in [-0.15, -0.1) is 0 Å². The summed E-state index contributed by atoms with van der Waals surface area (Å²) >= 11 is 0. The van der Waals surface area contributed by atoms with E-state index in [2.05, 4.69) is 61.5 Å². The number of carbonyl (C=O) groups excluding carboxylic acids is 1. The summed E-state index contributed by atoms with van der Waals surface area (Å²) in [5.41, 5.74) is 3.10. The van der Waals surface area contributed by atoms with Gasteiger partial charge in [-0.2, -0.15) is 0 Å². The molecule has 0 aromatic heterocycles. The van der Waals surface area contributed by atoms with Crippen molar-refractivity contribution in [3.63, 3.8) is 0 Å². The van der Waals surface area contributed by atoms with Crippen molar-refractivity contribution in [2.45, 2.75) is 217 Å². The topological polar surface area (TPSA) is 83.5 Å². The second-order valence-electron chi connectivity index (χ2n) is 17.2. The van der Waals surface area contributed by atoms with Crippen LogP contribution in [-0.4, -0.2) is 59.9 Å². The van der Waals surface area contributed by atoms with Gasteiger partial charge in [-0.1, -0.05) is 157 Å². The van der Waals surface area contributed by atoms with Gasteiger partial charge in [0, 0.05) is 12.0 Å². The molecule has 2 aromatic carbocycles. The summed E-state index contributed by atoms with van der Waals surface area (Å²) in [5.74, 6) is -0.202. The van der Waals surface area contributed by atoms with Crippen LogP contribution in [0.3, 0.4) is 0 Å². The first-order valence-electron chi connectivity index (χ1n) is 23.3. The van der Waals surface area contributed by atoms with Crippen molar-refractivity contribution in [1.82, 2.24) is 0 Å². The summed E-state index contributed by atoms with van der Waals surface area (Å²) in [7, 11) is 0. The number of benzene rings is 2. The summed E-state index contributed by atoms with van der Waals surface area (Å²) < 4.78 is 31.5. The molecule has 5 rings (SSSR count). The highest BCUT2D eigenvalue weighted by atomic mass is 16.6. The van der Waals surface area contributed by atoms with Gasteiger partial charge in [-0.25, -0.2) is 4.79 Å². The molecular formula is C51H76O7. The van der Waals surface area contributed by atoms with Gasteiger partial charge in [0.1, 0.15) is 6.10 Å². The van der Waals surface area contributed by atoms with Crippen molar-refractivity contribution in [3.05, 3.63) is 95.6 Å². The highest BCUT2D eigenvalue weighted by Gasteiger charge is 2.40. The zero-order chi connectivity index (χ0) is 40.6. The lowest BCUT2D eigenvalue weighted by molar-refractivity contribution is -0.183. The van der Waals surface area contributed by atoms with Crippen molar-refractivity contribution in [3.8, 4) is 0 Å². The third-order valence-electron chi connectivity index (χ3n) is 12.3. The molecular weight excluding hydrogens is 725 g/mol. The highest BCUT2D eigenvalue weighted by Crippen LogP contribution is 2.35. The normalized spacial score (nSPS) is 24.6. The predicted octanol–water partition coefficient (Wildman–Crippen LogP) is 12.1. The van der Waals surface area contributed by atoms with Crippen molar-refractivity contribution in [1.29, 1.82) is 0 Å². The fraction of sp³-hybridized carbons (Fsp3) is 0.667. The number of ether oxygens (including phenoxy) is 5. The number of carbonyl (C=O) groups is 1. The Kier molecular flexibility index (Phi) is 21.6. The molecule has 7 heteroatoms. The highest BCUT2D eigenvalue weighted by molar-refractivity contribution is 5.90. The average Bonchev–Trinajstić information content (AvgIpc) is 3.87. The quantitative estimate of drug-likeness (QED) is 0.0498. The summed E-state index contributed by atoms with van der Waals surface area (Å²) in [6, 6.07) is 20.7. The third-order valence-corrected chi connectivity index (χ3v) is 12.3. The van der Waals surface area contributed by atoms with E-state index < -0.39 is 6.10 Å². The zero-order valence-corrected chi connectivity index (χ0v) is 36.0. The minimum absolute atomic E-state index is 0.00608. The Morgan fingerprint density at radius 1 is 0.741 bits per heavy atom. The standard InChI is InChI=1S/C51H76O7/c1-3-4-5-6-7-12-15-24-31-48-47(55-39-42-27-20-17-21-28-42)33-35-50(58-48)49-34-32-46(57-49)45(52)30-23-14-11-9-8-10-13-22-29-44(37-43-36-40(2)56-51(43)53)54-38-41-25-18-16-19-26-41/h14,16-21,23,25-28,36,40,44-50,52H,3-13,15,22,24,29-35,37-39H2,1-2H3/t40-,44+,45+,46+,47+,48-,49-,50-/m0/s1. The SMILES string of the molecule is CCCCCCCCCC[C@@H]1O[C@H]([C@@H]2CC[C@H]([C@H](O)CC=CCCCCCCC[C@H](CC3=C[C@H](C)OC3=O)OCc3ccccc3)O2)CC[C@H]1OCc1ccccc1.